The van der Waals surface area contributed by atoms with Gasteiger partial charge in [-0.2, -0.15) is 0 Å². The van der Waals surface area contributed by atoms with Crippen molar-refractivity contribution < 1.29 is 23.8 Å². The predicted octanol–water partition coefficient (Wildman–Crippen LogP) is 5.21. The molecule has 1 aliphatic carbocycles. The Morgan fingerprint density at radius 2 is 1.84 bits per heavy atom. The number of aliphatic carboxylic acids is 1. The van der Waals surface area contributed by atoms with Crippen LogP contribution in [0.5, 0.6) is 0 Å². The minimum absolute atomic E-state index is 0.136. The van der Waals surface area contributed by atoms with Gasteiger partial charge in [0, 0.05) is 29.0 Å². The van der Waals surface area contributed by atoms with E-state index in [0.29, 0.717) is 0 Å². The van der Waals surface area contributed by atoms with E-state index in [1.54, 1.807) is 11.9 Å². The first-order valence-electron chi connectivity index (χ1n) is 10.5. The molecule has 1 aliphatic heterocycles. The normalized spacial score (nSPS) is 31.3. The van der Waals surface area contributed by atoms with Gasteiger partial charge in [0.25, 0.3) is 0 Å². The maximum absolute atomic E-state index is 15.0. The van der Waals surface area contributed by atoms with Crippen molar-refractivity contribution in [2.45, 2.75) is 68.4 Å². The Morgan fingerprint density at radius 1 is 1.16 bits per heavy atom. The van der Waals surface area contributed by atoms with Crippen molar-refractivity contribution in [1.29, 1.82) is 0 Å². The lowest BCUT2D eigenvalue weighted by atomic mass is 9.56. The second-order valence-corrected chi connectivity index (χ2v) is 10.4. The molecule has 2 N–H and O–H groups in total. The summed E-state index contributed by atoms with van der Waals surface area (Å²) in [4.78, 5) is 11.9. The molecule has 4 nitrogen and oxygen atoms in total. The number of aliphatic hydroxyl groups is 1. The van der Waals surface area contributed by atoms with E-state index in [2.05, 4.69) is 23.4 Å². The maximum Gasteiger partial charge on any atom is 0.314 e. The highest BCUT2D eigenvalue weighted by molar-refractivity contribution is 7.97. The molecule has 0 aromatic heterocycles. The van der Waals surface area contributed by atoms with Gasteiger partial charge in [0.1, 0.15) is 17.0 Å². The van der Waals surface area contributed by atoms with E-state index in [1.165, 1.54) is 12.5 Å². The van der Waals surface area contributed by atoms with Crippen LogP contribution in [0.15, 0.2) is 42.5 Å². The Morgan fingerprint density at radius 3 is 2.45 bits per heavy atom. The number of benzene rings is 2. The number of carboxylic acids is 1. The minimum atomic E-state index is -1.58. The number of halogens is 2. The van der Waals surface area contributed by atoms with Gasteiger partial charge in [-0.1, -0.05) is 42.3 Å². The van der Waals surface area contributed by atoms with E-state index in [1.807, 2.05) is 18.2 Å². The van der Waals surface area contributed by atoms with E-state index in [-0.39, 0.29) is 41.8 Å². The summed E-state index contributed by atoms with van der Waals surface area (Å²) in [6.45, 7) is 3.82. The first kappa shape index (κ1) is 22.2. The second kappa shape index (κ2) is 8.19. The fraction of sp³-hybridized carbons (Fsp3) is 0.458. The van der Waals surface area contributed by atoms with E-state index in [0.717, 1.165) is 25.0 Å². The van der Waals surface area contributed by atoms with Crippen molar-refractivity contribution in [2.24, 2.45) is 0 Å². The second-order valence-electron chi connectivity index (χ2n) is 9.17. The summed E-state index contributed by atoms with van der Waals surface area (Å²) in [7, 11) is 0. The number of carbonyl (C=O) groups is 1. The van der Waals surface area contributed by atoms with Crippen molar-refractivity contribution in [3.8, 4) is 0 Å². The highest BCUT2D eigenvalue weighted by Crippen LogP contribution is 2.51. The average Bonchev–Trinajstić information content (AvgIpc) is 2.70. The Hall–Kier alpha value is -1.96. The van der Waals surface area contributed by atoms with Crippen LogP contribution in [0.3, 0.4) is 0 Å². The zero-order valence-electron chi connectivity index (χ0n) is 17.6. The van der Waals surface area contributed by atoms with Crippen LogP contribution >= 0.6 is 11.9 Å². The molecular formula is C24H27F2NO3S. The molecule has 0 amide bonds. The molecule has 166 valence electrons. The Bertz CT molecular complexity index is 974. The Labute approximate surface area is 185 Å². The highest BCUT2D eigenvalue weighted by atomic mass is 32.2. The van der Waals surface area contributed by atoms with E-state index >= 15 is 8.78 Å². The molecule has 7 heteroatoms. The zero-order valence-corrected chi connectivity index (χ0v) is 18.5. The lowest BCUT2D eigenvalue weighted by Crippen LogP contribution is -2.57. The molecule has 1 heterocycles. The summed E-state index contributed by atoms with van der Waals surface area (Å²) in [6, 6.07) is 12.5. The molecule has 0 radical (unpaired) electrons. The Balaban J connectivity index is 1.57. The summed E-state index contributed by atoms with van der Waals surface area (Å²) in [5.74, 6) is -2.59. The first-order valence-corrected chi connectivity index (χ1v) is 11.4. The fourth-order valence-corrected chi connectivity index (χ4v) is 6.27. The molecule has 2 aromatic rings. The van der Waals surface area contributed by atoms with Gasteiger partial charge in [-0.3, -0.25) is 4.79 Å². The standard InChI is InChI=1S/C24H27F2NO3S/c1-15-8-9-21(16-6-4-3-5-7-16)31-27(15)12-17-10-20(26)18(11-19(17)25)24(22(28)29)13-23(2,30)14-24/h3-7,10-11,15,21,30H,8-9,12-14H2,1-2H3,(H,28,29)/t15-,21+,23?,24?/m0/s1. The smallest absolute Gasteiger partial charge is 0.314 e. The van der Waals surface area contributed by atoms with Crippen molar-refractivity contribution in [1.82, 2.24) is 4.31 Å². The quantitative estimate of drug-likeness (QED) is 0.617. The highest BCUT2D eigenvalue weighted by Gasteiger charge is 2.58. The average molecular weight is 448 g/mol. The molecule has 0 spiro atoms. The van der Waals surface area contributed by atoms with Crippen LogP contribution in [0.4, 0.5) is 8.78 Å². The van der Waals surface area contributed by atoms with Crippen LogP contribution < -0.4 is 0 Å². The third kappa shape index (κ3) is 4.23. The van der Waals surface area contributed by atoms with E-state index in [4.69, 9.17) is 0 Å². The van der Waals surface area contributed by atoms with E-state index < -0.39 is 28.6 Å². The number of rotatable bonds is 5. The fourth-order valence-electron chi connectivity index (χ4n) is 4.89. The molecule has 0 unspecified atom stereocenters. The summed E-state index contributed by atoms with van der Waals surface area (Å²) < 4.78 is 32.1. The molecule has 2 fully saturated rings. The third-order valence-corrected chi connectivity index (χ3v) is 8.05. The zero-order chi connectivity index (χ0) is 22.4. The van der Waals surface area contributed by atoms with Crippen molar-refractivity contribution >= 4 is 17.9 Å². The lowest BCUT2D eigenvalue weighted by molar-refractivity contribution is -0.162. The minimum Gasteiger partial charge on any atom is -0.481 e. The van der Waals surface area contributed by atoms with Gasteiger partial charge < -0.3 is 10.2 Å². The largest absolute Gasteiger partial charge is 0.481 e. The van der Waals surface area contributed by atoms with Gasteiger partial charge in [-0.25, -0.2) is 13.1 Å². The van der Waals surface area contributed by atoms with Crippen molar-refractivity contribution in [3.63, 3.8) is 0 Å². The van der Waals surface area contributed by atoms with E-state index in [9.17, 15) is 15.0 Å². The summed E-state index contributed by atoms with van der Waals surface area (Å²) in [5, 5.41) is 20.0. The molecule has 1 saturated heterocycles. The molecule has 0 bridgehead atoms. The SMILES string of the molecule is C[C@H]1CC[C@H](c2ccccc2)SN1Cc1cc(F)c(C2(C(=O)O)CC(C)(O)C2)cc1F. The van der Waals surface area contributed by atoms with Crippen LogP contribution in [0.25, 0.3) is 0 Å². The molecule has 31 heavy (non-hydrogen) atoms. The maximum atomic E-state index is 15.0. The topological polar surface area (TPSA) is 60.8 Å². The van der Waals surface area contributed by atoms with Crippen LogP contribution in [-0.4, -0.2) is 32.1 Å². The Kier molecular flexibility index (Phi) is 5.87. The van der Waals surface area contributed by atoms with Gasteiger partial charge in [0.05, 0.1) is 5.60 Å². The summed E-state index contributed by atoms with van der Waals surface area (Å²) >= 11 is 1.65. The molecule has 1 saturated carbocycles. The van der Waals surface area contributed by atoms with Gasteiger partial charge >= 0.3 is 5.97 Å². The van der Waals surface area contributed by atoms with Crippen molar-refractivity contribution in [3.05, 3.63) is 70.8 Å². The molecule has 2 atom stereocenters. The third-order valence-electron chi connectivity index (χ3n) is 6.52. The molecule has 2 aliphatic rings. The lowest BCUT2D eigenvalue weighted by Gasteiger charge is -2.49. The molecular weight excluding hydrogens is 420 g/mol. The number of hydrogen-bond donors (Lipinski definition) is 2. The van der Waals surface area contributed by atoms with Gasteiger partial charge in [0.2, 0.25) is 0 Å². The number of carboxylic acid groups (broad SMARTS) is 1. The number of hydrogen-bond acceptors (Lipinski definition) is 4. The van der Waals surface area contributed by atoms with Gasteiger partial charge in [-0.05, 0) is 57.2 Å². The van der Waals surface area contributed by atoms with Crippen molar-refractivity contribution in [2.75, 3.05) is 0 Å². The summed E-state index contributed by atoms with van der Waals surface area (Å²) in [6.07, 6.45) is 1.70. The molecule has 2 aromatic carbocycles. The van der Waals surface area contributed by atoms with Crippen LogP contribution in [0.1, 0.15) is 61.5 Å². The monoisotopic (exact) mass is 447 g/mol. The molecule has 4 rings (SSSR count). The van der Waals surface area contributed by atoms with Crippen LogP contribution in [-0.2, 0) is 16.8 Å². The predicted molar refractivity (Wildman–Crippen MR) is 117 cm³/mol. The summed E-state index contributed by atoms with van der Waals surface area (Å²) in [5.41, 5.74) is -1.53. The van der Waals surface area contributed by atoms with Crippen LogP contribution in [0.2, 0.25) is 0 Å². The number of nitrogens with zero attached hydrogens (tertiary/aromatic N) is 1. The first-order chi connectivity index (χ1) is 14.6. The van der Waals surface area contributed by atoms with Crippen LogP contribution in [0, 0.1) is 11.6 Å². The van der Waals surface area contributed by atoms with Gasteiger partial charge in [0.15, 0.2) is 0 Å². The van der Waals surface area contributed by atoms with Gasteiger partial charge in [-0.15, -0.1) is 0 Å².